The standard InChI is InChI=1S/C21H27FN2O4/c1-2-3-12-27-13-4-9-24-20(25)18(16-5-7-17(22)8-6-16)19(21(24)26)23-10-14-28-15-11-23/h5-8H,2-4,9-15H2,1H3. The third kappa shape index (κ3) is 4.59. The molecule has 1 aromatic rings. The van der Waals surface area contributed by atoms with E-state index >= 15 is 0 Å². The molecule has 0 saturated carbocycles. The van der Waals surface area contributed by atoms with Crippen molar-refractivity contribution in [3.05, 3.63) is 41.3 Å². The van der Waals surface area contributed by atoms with Crippen LogP contribution >= 0.6 is 0 Å². The van der Waals surface area contributed by atoms with Gasteiger partial charge in [0.05, 0.1) is 18.8 Å². The van der Waals surface area contributed by atoms with Crippen LogP contribution in [-0.4, -0.2) is 67.7 Å². The summed E-state index contributed by atoms with van der Waals surface area (Å²) in [5, 5.41) is 0. The van der Waals surface area contributed by atoms with E-state index in [1.807, 2.05) is 4.90 Å². The highest BCUT2D eigenvalue weighted by molar-refractivity contribution is 6.35. The van der Waals surface area contributed by atoms with Crippen molar-refractivity contribution in [2.24, 2.45) is 0 Å². The third-order valence-electron chi connectivity index (χ3n) is 4.92. The summed E-state index contributed by atoms with van der Waals surface area (Å²) in [6.45, 7) is 5.72. The second kappa shape index (κ2) is 9.80. The average molecular weight is 390 g/mol. The van der Waals surface area contributed by atoms with Crippen LogP contribution in [0.4, 0.5) is 4.39 Å². The summed E-state index contributed by atoms with van der Waals surface area (Å²) in [7, 11) is 0. The molecule has 0 unspecified atom stereocenters. The van der Waals surface area contributed by atoms with Crippen molar-refractivity contribution >= 4 is 17.4 Å². The van der Waals surface area contributed by atoms with Gasteiger partial charge in [-0.1, -0.05) is 25.5 Å². The molecular weight excluding hydrogens is 363 g/mol. The van der Waals surface area contributed by atoms with Crippen LogP contribution in [0.5, 0.6) is 0 Å². The quantitative estimate of drug-likeness (QED) is 0.479. The number of ether oxygens (including phenoxy) is 2. The van der Waals surface area contributed by atoms with Crippen molar-refractivity contribution in [1.82, 2.24) is 9.80 Å². The van der Waals surface area contributed by atoms with Crippen LogP contribution in [0.15, 0.2) is 30.0 Å². The van der Waals surface area contributed by atoms with Crippen LogP contribution in [0.1, 0.15) is 31.7 Å². The molecule has 3 rings (SSSR count). The van der Waals surface area contributed by atoms with E-state index in [1.165, 1.54) is 17.0 Å². The van der Waals surface area contributed by atoms with Crippen LogP contribution in [0, 0.1) is 5.82 Å². The van der Waals surface area contributed by atoms with Gasteiger partial charge >= 0.3 is 0 Å². The fraction of sp³-hybridized carbons (Fsp3) is 0.524. The molecule has 0 bridgehead atoms. The summed E-state index contributed by atoms with van der Waals surface area (Å²) in [6.07, 6.45) is 2.66. The number of morpholine rings is 1. The molecule has 7 heteroatoms. The SMILES string of the molecule is CCCCOCCCN1C(=O)C(c2ccc(F)cc2)=C(N2CCOCC2)C1=O. The Labute approximate surface area is 164 Å². The number of nitrogens with zero attached hydrogens (tertiary/aromatic N) is 2. The van der Waals surface area contributed by atoms with Gasteiger partial charge < -0.3 is 14.4 Å². The molecule has 0 atom stereocenters. The summed E-state index contributed by atoms with van der Waals surface area (Å²) in [4.78, 5) is 29.3. The largest absolute Gasteiger partial charge is 0.381 e. The van der Waals surface area contributed by atoms with Gasteiger partial charge in [0.2, 0.25) is 0 Å². The first-order chi connectivity index (χ1) is 13.6. The van der Waals surface area contributed by atoms with E-state index in [9.17, 15) is 14.0 Å². The maximum atomic E-state index is 13.4. The van der Waals surface area contributed by atoms with E-state index in [1.54, 1.807) is 12.1 Å². The minimum Gasteiger partial charge on any atom is -0.381 e. The second-order valence-electron chi connectivity index (χ2n) is 6.91. The number of rotatable bonds is 9. The van der Waals surface area contributed by atoms with Gasteiger partial charge in [0, 0.05) is 32.8 Å². The van der Waals surface area contributed by atoms with Gasteiger partial charge in [-0.3, -0.25) is 14.5 Å². The Kier molecular flexibility index (Phi) is 7.17. The van der Waals surface area contributed by atoms with Crippen molar-refractivity contribution in [1.29, 1.82) is 0 Å². The Morgan fingerprint density at radius 3 is 2.39 bits per heavy atom. The zero-order chi connectivity index (χ0) is 19.9. The first kappa shape index (κ1) is 20.5. The van der Waals surface area contributed by atoms with E-state index in [4.69, 9.17) is 9.47 Å². The molecule has 152 valence electrons. The molecule has 0 aliphatic carbocycles. The summed E-state index contributed by atoms with van der Waals surface area (Å²) in [5.41, 5.74) is 1.30. The number of benzene rings is 1. The molecular formula is C21H27FN2O4. The average Bonchev–Trinajstić information content (AvgIpc) is 2.96. The maximum absolute atomic E-state index is 13.4. The van der Waals surface area contributed by atoms with Gasteiger partial charge in [-0.15, -0.1) is 0 Å². The molecule has 1 fully saturated rings. The molecule has 0 radical (unpaired) electrons. The minimum absolute atomic E-state index is 0.292. The zero-order valence-corrected chi connectivity index (χ0v) is 16.3. The Balaban J connectivity index is 1.77. The van der Waals surface area contributed by atoms with Crippen LogP contribution < -0.4 is 0 Å². The lowest BCUT2D eigenvalue weighted by atomic mass is 10.0. The molecule has 6 nitrogen and oxygen atoms in total. The Hall–Kier alpha value is -2.25. The highest BCUT2D eigenvalue weighted by Crippen LogP contribution is 2.32. The van der Waals surface area contributed by atoms with Crippen LogP contribution in [-0.2, 0) is 19.1 Å². The molecule has 1 saturated heterocycles. The first-order valence-electron chi connectivity index (χ1n) is 9.90. The van der Waals surface area contributed by atoms with Crippen molar-refractivity contribution < 1.29 is 23.5 Å². The highest BCUT2D eigenvalue weighted by atomic mass is 19.1. The molecule has 2 aliphatic rings. The number of hydrogen-bond acceptors (Lipinski definition) is 5. The van der Waals surface area contributed by atoms with E-state index in [-0.39, 0.29) is 17.6 Å². The lowest BCUT2D eigenvalue weighted by molar-refractivity contribution is -0.138. The third-order valence-corrected chi connectivity index (χ3v) is 4.92. The van der Waals surface area contributed by atoms with Crippen molar-refractivity contribution in [2.45, 2.75) is 26.2 Å². The van der Waals surface area contributed by atoms with E-state index < -0.39 is 0 Å². The summed E-state index contributed by atoms with van der Waals surface area (Å²) < 4.78 is 24.3. The van der Waals surface area contributed by atoms with Gasteiger partial charge in [0.1, 0.15) is 11.5 Å². The monoisotopic (exact) mass is 390 g/mol. The van der Waals surface area contributed by atoms with Gasteiger partial charge in [0.15, 0.2) is 0 Å². The number of carbonyl (C=O) groups excluding carboxylic acids is 2. The predicted molar refractivity (Wildman–Crippen MR) is 103 cm³/mol. The topological polar surface area (TPSA) is 59.1 Å². The normalized spacial score (nSPS) is 17.8. The predicted octanol–water partition coefficient (Wildman–Crippen LogP) is 2.44. The molecule has 0 N–H and O–H groups in total. The minimum atomic E-state index is -0.380. The molecule has 0 spiro atoms. The van der Waals surface area contributed by atoms with Gasteiger partial charge in [-0.2, -0.15) is 0 Å². The first-order valence-corrected chi connectivity index (χ1v) is 9.90. The fourth-order valence-electron chi connectivity index (χ4n) is 3.40. The van der Waals surface area contributed by atoms with Crippen molar-refractivity contribution in [3.63, 3.8) is 0 Å². The molecule has 0 aromatic heterocycles. The van der Waals surface area contributed by atoms with Gasteiger partial charge in [0.25, 0.3) is 11.8 Å². The molecule has 28 heavy (non-hydrogen) atoms. The Morgan fingerprint density at radius 1 is 1.04 bits per heavy atom. The van der Waals surface area contributed by atoms with Crippen LogP contribution in [0.25, 0.3) is 5.57 Å². The molecule has 2 aliphatic heterocycles. The number of amides is 2. The molecule has 2 heterocycles. The number of halogens is 1. The summed E-state index contributed by atoms with van der Waals surface area (Å²) in [6, 6.07) is 5.71. The fourth-order valence-corrected chi connectivity index (χ4v) is 3.40. The second-order valence-corrected chi connectivity index (χ2v) is 6.91. The van der Waals surface area contributed by atoms with Gasteiger partial charge in [-0.25, -0.2) is 4.39 Å². The van der Waals surface area contributed by atoms with Crippen LogP contribution in [0.3, 0.4) is 0 Å². The summed E-state index contributed by atoms with van der Waals surface area (Å²) in [5.74, 6) is -0.999. The highest BCUT2D eigenvalue weighted by Gasteiger charge is 2.41. The number of hydrogen-bond donors (Lipinski definition) is 0. The van der Waals surface area contributed by atoms with E-state index in [2.05, 4.69) is 6.92 Å². The maximum Gasteiger partial charge on any atom is 0.277 e. The van der Waals surface area contributed by atoms with Crippen molar-refractivity contribution in [3.8, 4) is 0 Å². The molecule has 1 aromatic carbocycles. The van der Waals surface area contributed by atoms with E-state index in [0.29, 0.717) is 69.3 Å². The molecule has 2 amide bonds. The van der Waals surface area contributed by atoms with Gasteiger partial charge in [-0.05, 0) is 30.5 Å². The number of unbranched alkanes of at least 4 members (excludes halogenated alkanes) is 1. The lowest BCUT2D eigenvalue weighted by Crippen LogP contribution is -2.40. The van der Waals surface area contributed by atoms with E-state index in [0.717, 1.165) is 12.8 Å². The van der Waals surface area contributed by atoms with Crippen LogP contribution in [0.2, 0.25) is 0 Å². The Morgan fingerprint density at radius 2 is 1.71 bits per heavy atom. The Bertz CT molecular complexity index is 726. The van der Waals surface area contributed by atoms with Crippen molar-refractivity contribution in [2.75, 3.05) is 46.1 Å². The number of carbonyl (C=O) groups is 2. The summed E-state index contributed by atoms with van der Waals surface area (Å²) >= 11 is 0. The lowest BCUT2D eigenvalue weighted by Gasteiger charge is -2.29. The smallest absolute Gasteiger partial charge is 0.277 e. The number of imide groups is 1. The zero-order valence-electron chi connectivity index (χ0n) is 16.3.